The lowest BCUT2D eigenvalue weighted by atomic mass is 10.2. The van der Waals surface area contributed by atoms with Gasteiger partial charge in [0.05, 0.1) is 5.75 Å². The number of aryl methyl sites for hydroxylation is 1. The number of hydrogen-bond acceptors (Lipinski definition) is 4. The minimum atomic E-state index is -2.88. The molecular formula is C12H18BrNO3S. The quantitative estimate of drug-likeness (QED) is 0.771. The van der Waals surface area contributed by atoms with Crippen LogP contribution in [0.15, 0.2) is 22.7 Å². The fraction of sp³-hybridized carbons (Fsp3) is 0.500. The highest BCUT2D eigenvalue weighted by atomic mass is 79.9. The Labute approximate surface area is 117 Å². The van der Waals surface area contributed by atoms with Crippen molar-refractivity contribution in [3.05, 3.63) is 28.2 Å². The summed E-state index contributed by atoms with van der Waals surface area (Å²) < 4.78 is 28.4. The number of halogens is 1. The van der Waals surface area contributed by atoms with Crippen LogP contribution in [0.25, 0.3) is 0 Å². The summed E-state index contributed by atoms with van der Waals surface area (Å²) in [5, 5.41) is 3.03. The Morgan fingerprint density at radius 2 is 2.06 bits per heavy atom. The van der Waals surface area contributed by atoms with E-state index in [1.54, 1.807) is 0 Å². The Hall–Kier alpha value is -0.590. The van der Waals surface area contributed by atoms with Crippen LogP contribution in [0, 0.1) is 6.92 Å². The molecule has 0 saturated carbocycles. The third-order valence-electron chi connectivity index (χ3n) is 2.32. The van der Waals surface area contributed by atoms with Crippen LogP contribution in [0.5, 0.6) is 5.75 Å². The first kappa shape index (κ1) is 15.5. The number of ether oxygens (including phenoxy) is 1. The lowest BCUT2D eigenvalue weighted by Gasteiger charge is -2.09. The predicted octanol–water partition coefficient (Wildman–Crippen LogP) is 1.77. The van der Waals surface area contributed by atoms with E-state index in [1.807, 2.05) is 25.1 Å². The summed E-state index contributed by atoms with van der Waals surface area (Å²) in [7, 11) is -2.88. The van der Waals surface area contributed by atoms with Crippen LogP contribution in [0.2, 0.25) is 0 Å². The summed E-state index contributed by atoms with van der Waals surface area (Å²) in [6.07, 6.45) is 1.23. The van der Waals surface area contributed by atoms with Gasteiger partial charge in [-0.1, -0.05) is 15.9 Å². The van der Waals surface area contributed by atoms with E-state index >= 15 is 0 Å². The van der Waals surface area contributed by atoms with Crippen molar-refractivity contribution in [1.29, 1.82) is 0 Å². The summed E-state index contributed by atoms with van der Waals surface area (Å²) in [5.74, 6) is 1.01. The summed E-state index contributed by atoms with van der Waals surface area (Å²) in [4.78, 5) is 0. The predicted molar refractivity (Wildman–Crippen MR) is 77.0 cm³/mol. The first-order valence-corrected chi connectivity index (χ1v) is 8.51. The highest BCUT2D eigenvalue weighted by molar-refractivity contribution is 9.10. The van der Waals surface area contributed by atoms with Crippen molar-refractivity contribution in [2.75, 3.05) is 31.7 Å². The van der Waals surface area contributed by atoms with E-state index in [0.717, 1.165) is 15.8 Å². The van der Waals surface area contributed by atoms with E-state index in [-0.39, 0.29) is 5.75 Å². The average Bonchev–Trinajstić information content (AvgIpc) is 2.24. The van der Waals surface area contributed by atoms with E-state index in [2.05, 4.69) is 21.2 Å². The standard InChI is InChI=1S/C12H18BrNO3S/c1-10-9-11(13)3-4-12(10)17-7-5-14-6-8-18(2,15)16/h3-4,9,14H,5-8H2,1-2H3. The molecule has 0 aliphatic carbocycles. The van der Waals surface area contributed by atoms with Gasteiger partial charge in [0.2, 0.25) is 0 Å². The van der Waals surface area contributed by atoms with Gasteiger partial charge in [-0.2, -0.15) is 0 Å². The molecule has 0 unspecified atom stereocenters. The van der Waals surface area contributed by atoms with Gasteiger partial charge >= 0.3 is 0 Å². The molecule has 0 spiro atoms. The van der Waals surface area contributed by atoms with E-state index in [1.165, 1.54) is 6.26 Å². The Bertz CT molecular complexity index is 488. The maximum Gasteiger partial charge on any atom is 0.148 e. The summed E-state index contributed by atoms with van der Waals surface area (Å²) in [5.41, 5.74) is 1.07. The van der Waals surface area contributed by atoms with Crippen LogP contribution in [0.1, 0.15) is 5.56 Å². The van der Waals surface area contributed by atoms with Gasteiger partial charge in [0.1, 0.15) is 22.2 Å². The van der Waals surface area contributed by atoms with Gasteiger partial charge in [0, 0.05) is 23.8 Å². The van der Waals surface area contributed by atoms with Crippen molar-refractivity contribution in [2.24, 2.45) is 0 Å². The molecular weight excluding hydrogens is 318 g/mol. The number of sulfone groups is 1. The second-order valence-electron chi connectivity index (χ2n) is 4.14. The Morgan fingerprint density at radius 1 is 1.33 bits per heavy atom. The molecule has 1 aromatic rings. The summed E-state index contributed by atoms with van der Waals surface area (Å²) in [6, 6.07) is 5.84. The fourth-order valence-electron chi connectivity index (χ4n) is 1.39. The number of rotatable bonds is 7. The van der Waals surface area contributed by atoms with Gasteiger partial charge < -0.3 is 10.1 Å². The van der Waals surface area contributed by atoms with Crippen molar-refractivity contribution < 1.29 is 13.2 Å². The van der Waals surface area contributed by atoms with Gasteiger partial charge in [-0.15, -0.1) is 0 Å². The topological polar surface area (TPSA) is 55.4 Å². The molecule has 1 aromatic carbocycles. The molecule has 6 heteroatoms. The van der Waals surface area contributed by atoms with Crippen molar-refractivity contribution in [3.63, 3.8) is 0 Å². The molecule has 0 saturated heterocycles. The molecule has 0 atom stereocenters. The third-order valence-corrected chi connectivity index (χ3v) is 3.76. The molecule has 4 nitrogen and oxygen atoms in total. The summed E-state index contributed by atoms with van der Waals surface area (Å²) in [6.45, 7) is 3.59. The van der Waals surface area contributed by atoms with Gasteiger partial charge in [-0.05, 0) is 30.7 Å². The minimum Gasteiger partial charge on any atom is -0.492 e. The smallest absolute Gasteiger partial charge is 0.148 e. The first-order chi connectivity index (χ1) is 8.38. The zero-order chi connectivity index (χ0) is 13.6. The van der Waals surface area contributed by atoms with E-state index in [0.29, 0.717) is 19.7 Å². The van der Waals surface area contributed by atoms with Crippen LogP contribution >= 0.6 is 15.9 Å². The molecule has 102 valence electrons. The molecule has 0 heterocycles. The van der Waals surface area contributed by atoms with Crippen LogP contribution in [0.4, 0.5) is 0 Å². The van der Waals surface area contributed by atoms with Gasteiger partial charge in [0.15, 0.2) is 0 Å². The van der Waals surface area contributed by atoms with Gasteiger partial charge in [-0.3, -0.25) is 0 Å². The third kappa shape index (κ3) is 6.37. The SMILES string of the molecule is Cc1cc(Br)ccc1OCCNCCS(C)(=O)=O. The van der Waals surface area contributed by atoms with Gasteiger partial charge in [0.25, 0.3) is 0 Å². The number of benzene rings is 1. The van der Waals surface area contributed by atoms with Crippen molar-refractivity contribution in [2.45, 2.75) is 6.92 Å². The summed E-state index contributed by atoms with van der Waals surface area (Å²) >= 11 is 3.39. The second-order valence-corrected chi connectivity index (χ2v) is 7.31. The van der Waals surface area contributed by atoms with E-state index in [9.17, 15) is 8.42 Å². The largest absolute Gasteiger partial charge is 0.492 e. The zero-order valence-corrected chi connectivity index (χ0v) is 13.0. The van der Waals surface area contributed by atoms with Gasteiger partial charge in [-0.25, -0.2) is 8.42 Å². The highest BCUT2D eigenvalue weighted by Crippen LogP contribution is 2.21. The first-order valence-electron chi connectivity index (χ1n) is 5.66. The Balaban J connectivity index is 2.22. The molecule has 18 heavy (non-hydrogen) atoms. The molecule has 0 aliphatic rings. The maximum atomic E-state index is 10.9. The normalized spacial score (nSPS) is 11.5. The second kappa shape index (κ2) is 7.11. The fourth-order valence-corrected chi connectivity index (χ4v) is 2.38. The molecule has 0 aliphatic heterocycles. The highest BCUT2D eigenvalue weighted by Gasteiger charge is 2.01. The van der Waals surface area contributed by atoms with Crippen LogP contribution in [-0.2, 0) is 9.84 Å². The van der Waals surface area contributed by atoms with Crippen LogP contribution in [0.3, 0.4) is 0 Å². The number of hydrogen-bond donors (Lipinski definition) is 1. The maximum absolute atomic E-state index is 10.9. The van der Waals surface area contributed by atoms with Crippen LogP contribution < -0.4 is 10.1 Å². The van der Waals surface area contributed by atoms with Crippen LogP contribution in [-0.4, -0.2) is 40.1 Å². The molecule has 0 bridgehead atoms. The molecule has 0 amide bonds. The zero-order valence-electron chi connectivity index (χ0n) is 10.6. The molecule has 1 rings (SSSR count). The van der Waals surface area contributed by atoms with E-state index in [4.69, 9.17) is 4.74 Å². The monoisotopic (exact) mass is 335 g/mol. The number of nitrogens with one attached hydrogen (secondary N) is 1. The molecule has 0 radical (unpaired) electrons. The molecule has 0 fully saturated rings. The minimum absolute atomic E-state index is 0.157. The Kier molecular flexibility index (Phi) is 6.11. The van der Waals surface area contributed by atoms with E-state index < -0.39 is 9.84 Å². The average molecular weight is 336 g/mol. The van der Waals surface area contributed by atoms with Crippen molar-refractivity contribution >= 4 is 25.8 Å². The lowest BCUT2D eigenvalue weighted by Crippen LogP contribution is -2.26. The Morgan fingerprint density at radius 3 is 2.67 bits per heavy atom. The molecule has 1 N–H and O–H groups in total. The lowest BCUT2D eigenvalue weighted by molar-refractivity contribution is 0.313. The molecule has 0 aromatic heterocycles. The van der Waals surface area contributed by atoms with Crippen molar-refractivity contribution in [1.82, 2.24) is 5.32 Å². The van der Waals surface area contributed by atoms with Crippen molar-refractivity contribution in [3.8, 4) is 5.75 Å².